The van der Waals surface area contributed by atoms with Crippen molar-refractivity contribution in [3.63, 3.8) is 0 Å². The van der Waals surface area contributed by atoms with Gasteiger partial charge < -0.3 is 0 Å². The Kier molecular flexibility index (Phi) is 6.17. The second-order valence-corrected chi connectivity index (χ2v) is 13.9. The summed E-state index contributed by atoms with van der Waals surface area (Å²) < 4.78 is 0. The third kappa shape index (κ3) is 4.38. The van der Waals surface area contributed by atoms with E-state index in [1.54, 1.807) is 0 Å². The monoisotopic (exact) mass is 622 g/mol. The van der Waals surface area contributed by atoms with Crippen molar-refractivity contribution >= 4 is 43.1 Å². The first-order valence-corrected chi connectivity index (χ1v) is 17.4. The van der Waals surface area contributed by atoms with Crippen molar-refractivity contribution in [1.82, 2.24) is 0 Å². The Morgan fingerprint density at radius 3 is 1.61 bits per heavy atom. The van der Waals surface area contributed by atoms with Gasteiger partial charge in [-0.15, -0.1) is 0 Å². The summed E-state index contributed by atoms with van der Waals surface area (Å²) in [5, 5.41) is 10.4. The van der Waals surface area contributed by atoms with Gasteiger partial charge in [0.2, 0.25) is 0 Å². The van der Waals surface area contributed by atoms with Crippen LogP contribution in [0.2, 0.25) is 0 Å². The molecule has 0 heteroatoms. The third-order valence-electron chi connectivity index (χ3n) is 10.7. The van der Waals surface area contributed by atoms with E-state index in [2.05, 4.69) is 178 Å². The fourth-order valence-electron chi connectivity index (χ4n) is 8.33. The molecule has 0 N–H and O–H groups in total. The summed E-state index contributed by atoms with van der Waals surface area (Å²) >= 11 is 0. The van der Waals surface area contributed by atoms with Crippen LogP contribution in [0.15, 0.2) is 164 Å². The van der Waals surface area contributed by atoms with Crippen LogP contribution in [0, 0.1) is 0 Å². The zero-order valence-electron chi connectivity index (χ0n) is 27.7. The minimum atomic E-state index is 0.416. The summed E-state index contributed by atoms with van der Waals surface area (Å²) in [6, 6.07) is 61.3. The first kappa shape index (κ1) is 28.1. The van der Waals surface area contributed by atoms with Gasteiger partial charge in [-0.3, -0.25) is 0 Å². The van der Waals surface area contributed by atoms with E-state index in [-0.39, 0.29) is 0 Å². The number of hydrogen-bond acceptors (Lipinski definition) is 0. The number of rotatable bonds is 4. The highest BCUT2D eigenvalue weighted by Gasteiger charge is 2.23. The number of hydrogen-bond donors (Lipinski definition) is 0. The average Bonchev–Trinajstić information content (AvgIpc) is 3.48. The van der Waals surface area contributed by atoms with Crippen LogP contribution in [-0.2, 0) is 0 Å². The number of fused-ring (bicyclic) bond motifs is 6. The van der Waals surface area contributed by atoms with Gasteiger partial charge in [-0.2, -0.15) is 0 Å². The molecule has 0 unspecified atom stereocenters. The standard InChI is InChI=1S/C49H34/c1-30(2)39-13-7-14-43-47(37-22-21-35-26-34(19-20-36(35)27-37)33-18-17-31-9-3-4-10-32(31)25-33)28-38(29-48(39)43)40-23-24-46-42-12-6-5-11-41(42)45-16-8-15-44(40)49(45)46/h3-30H,1-2H3. The smallest absolute Gasteiger partial charge is 0.00201 e. The van der Waals surface area contributed by atoms with Crippen molar-refractivity contribution < 1.29 is 0 Å². The van der Waals surface area contributed by atoms with Gasteiger partial charge in [0.25, 0.3) is 0 Å². The van der Waals surface area contributed by atoms with Crippen molar-refractivity contribution in [2.24, 2.45) is 0 Å². The molecule has 10 rings (SSSR count). The molecule has 0 nitrogen and oxygen atoms in total. The lowest BCUT2D eigenvalue weighted by Gasteiger charge is -2.18. The highest BCUT2D eigenvalue weighted by Crippen LogP contribution is 2.50. The van der Waals surface area contributed by atoms with Crippen molar-refractivity contribution in [3.8, 4) is 55.6 Å². The van der Waals surface area contributed by atoms with Gasteiger partial charge in [0.05, 0.1) is 0 Å². The van der Waals surface area contributed by atoms with Crippen LogP contribution in [0.3, 0.4) is 0 Å². The van der Waals surface area contributed by atoms with Crippen molar-refractivity contribution in [2.45, 2.75) is 19.8 Å². The molecule has 1 aliphatic carbocycles. The fourth-order valence-corrected chi connectivity index (χ4v) is 8.33. The fraction of sp³-hybridized carbons (Fsp3) is 0.0612. The van der Waals surface area contributed by atoms with Gasteiger partial charge in [-0.05, 0) is 141 Å². The Hall–Kier alpha value is -5.98. The molecule has 0 amide bonds. The molecule has 0 aliphatic heterocycles. The van der Waals surface area contributed by atoms with E-state index in [0.717, 1.165) is 0 Å². The summed E-state index contributed by atoms with van der Waals surface area (Å²) in [4.78, 5) is 0. The quantitative estimate of drug-likeness (QED) is 0.183. The molecule has 0 heterocycles. The lowest BCUT2D eigenvalue weighted by Crippen LogP contribution is -1.93. The summed E-state index contributed by atoms with van der Waals surface area (Å²) in [5.41, 5.74) is 14.3. The van der Waals surface area contributed by atoms with E-state index in [4.69, 9.17) is 0 Å². The summed E-state index contributed by atoms with van der Waals surface area (Å²) in [5.74, 6) is 0.416. The van der Waals surface area contributed by atoms with Crippen molar-refractivity contribution in [1.29, 1.82) is 0 Å². The molecule has 9 aromatic rings. The molecule has 0 radical (unpaired) electrons. The topological polar surface area (TPSA) is 0 Å². The molecule has 0 spiro atoms. The second-order valence-electron chi connectivity index (χ2n) is 13.9. The molecular weight excluding hydrogens is 589 g/mol. The van der Waals surface area contributed by atoms with Crippen molar-refractivity contribution in [3.05, 3.63) is 169 Å². The SMILES string of the molecule is CC(C)c1cccc2c(-c3ccc4cc(-c5ccc6ccccc6c5)ccc4c3)cc(-c3ccc4c5c(cccc35)-c3ccccc3-4)cc12. The molecule has 0 saturated heterocycles. The molecule has 0 atom stereocenters. The second kappa shape index (κ2) is 10.8. The summed E-state index contributed by atoms with van der Waals surface area (Å²) in [6.45, 7) is 4.61. The van der Waals surface area contributed by atoms with E-state index in [1.165, 1.54) is 104 Å². The van der Waals surface area contributed by atoms with Gasteiger partial charge in [0.15, 0.2) is 0 Å². The van der Waals surface area contributed by atoms with Crippen LogP contribution >= 0.6 is 0 Å². The molecule has 1 aliphatic rings. The normalized spacial score (nSPS) is 12.1. The predicted molar refractivity (Wildman–Crippen MR) is 211 cm³/mol. The Balaban J connectivity index is 1.15. The molecular formula is C49H34. The van der Waals surface area contributed by atoms with E-state index in [1.807, 2.05) is 0 Å². The largest absolute Gasteiger partial charge is 0.0616 e. The van der Waals surface area contributed by atoms with Gasteiger partial charge >= 0.3 is 0 Å². The maximum Gasteiger partial charge on any atom is -0.00201 e. The first-order valence-electron chi connectivity index (χ1n) is 17.4. The van der Waals surface area contributed by atoms with Crippen LogP contribution in [0.5, 0.6) is 0 Å². The number of benzene rings is 9. The molecule has 49 heavy (non-hydrogen) atoms. The highest BCUT2D eigenvalue weighted by molar-refractivity contribution is 6.19. The van der Waals surface area contributed by atoms with Crippen LogP contribution < -0.4 is 0 Å². The Morgan fingerprint density at radius 2 is 0.857 bits per heavy atom. The Labute approximate surface area is 286 Å². The van der Waals surface area contributed by atoms with E-state index < -0.39 is 0 Å². The van der Waals surface area contributed by atoms with Gasteiger partial charge in [0.1, 0.15) is 0 Å². The van der Waals surface area contributed by atoms with Crippen LogP contribution in [-0.4, -0.2) is 0 Å². The molecule has 0 bridgehead atoms. The first-order chi connectivity index (χ1) is 24.1. The van der Waals surface area contributed by atoms with Gasteiger partial charge in [-0.25, -0.2) is 0 Å². The zero-order chi connectivity index (χ0) is 32.6. The van der Waals surface area contributed by atoms with Crippen LogP contribution in [0.1, 0.15) is 25.3 Å². The molecule has 0 aromatic heterocycles. The zero-order valence-corrected chi connectivity index (χ0v) is 27.7. The summed E-state index contributed by atoms with van der Waals surface area (Å²) in [7, 11) is 0. The maximum absolute atomic E-state index is 2.44. The highest BCUT2D eigenvalue weighted by atomic mass is 14.3. The maximum atomic E-state index is 2.44. The van der Waals surface area contributed by atoms with Crippen LogP contribution in [0.4, 0.5) is 0 Å². The van der Waals surface area contributed by atoms with Gasteiger partial charge in [0, 0.05) is 0 Å². The minimum Gasteiger partial charge on any atom is -0.0616 e. The molecule has 9 aromatic carbocycles. The van der Waals surface area contributed by atoms with Crippen molar-refractivity contribution in [2.75, 3.05) is 0 Å². The van der Waals surface area contributed by atoms with Gasteiger partial charge in [-0.1, -0.05) is 147 Å². The molecule has 230 valence electrons. The molecule has 0 saturated carbocycles. The Bertz CT molecular complexity index is 2770. The molecule has 0 fully saturated rings. The minimum absolute atomic E-state index is 0.416. The summed E-state index contributed by atoms with van der Waals surface area (Å²) in [6.07, 6.45) is 0. The van der Waals surface area contributed by atoms with Crippen LogP contribution in [0.25, 0.3) is 98.7 Å². The van der Waals surface area contributed by atoms with E-state index >= 15 is 0 Å². The van der Waals surface area contributed by atoms with E-state index in [0.29, 0.717) is 5.92 Å². The third-order valence-corrected chi connectivity index (χ3v) is 10.7. The Morgan fingerprint density at radius 1 is 0.306 bits per heavy atom. The lowest BCUT2D eigenvalue weighted by molar-refractivity contribution is 0.876. The average molecular weight is 623 g/mol. The van der Waals surface area contributed by atoms with E-state index in [9.17, 15) is 0 Å². The lowest BCUT2D eigenvalue weighted by atomic mass is 9.86. The predicted octanol–water partition coefficient (Wildman–Crippen LogP) is 14.1.